The van der Waals surface area contributed by atoms with E-state index in [1.807, 2.05) is 24.6 Å². The Kier molecular flexibility index (Phi) is 5.06. The van der Waals surface area contributed by atoms with Crippen LogP contribution in [0.5, 0.6) is 0 Å². The number of nitrogens with one attached hydrogen (secondary N) is 1. The fourth-order valence-corrected chi connectivity index (χ4v) is 0.370. The van der Waals surface area contributed by atoms with Crippen LogP contribution in [0.25, 0.3) is 0 Å². The van der Waals surface area contributed by atoms with Crippen LogP contribution < -0.4 is 5.48 Å². The largest absolute Gasteiger partial charge is 0.290 e. The average Bonchev–Trinajstić information content (AvgIpc) is 1.89. The lowest BCUT2D eigenvalue weighted by atomic mass is 10.4. The molecule has 0 fully saturated rings. The van der Waals surface area contributed by atoms with Crippen molar-refractivity contribution in [1.82, 2.24) is 5.48 Å². The quantitative estimate of drug-likeness (QED) is 0.265. The molecule has 0 heterocycles. The third kappa shape index (κ3) is 5.20. The normalized spacial score (nSPS) is 10.9. The van der Waals surface area contributed by atoms with Gasteiger partial charge in [-0.2, -0.15) is 0 Å². The number of hydrogen-bond donors (Lipinski definition) is 2. The summed E-state index contributed by atoms with van der Waals surface area (Å²) in [4.78, 5) is 0.313. The highest BCUT2D eigenvalue weighted by atomic mass is 32.1. The van der Waals surface area contributed by atoms with Crippen molar-refractivity contribution < 1.29 is 5.21 Å². The standard InChI is InChI=1S/C6H9NOS/c1-2-3-4-5-6(9)7-8/h2-5,8H,1H3,(H,7,9). The number of rotatable bonds is 2. The molecule has 0 aliphatic rings. The van der Waals surface area contributed by atoms with E-state index in [2.05, 4.69) is 12.2 Å². The summed E-state index contributed by atoms with van der Waals surface area (Å²) in [7, 11) is 0. The topological polar surface area (TPSA) is 32.3 Å². The predicted molar refractivity (Wildman–Crippen MR) is 41.5 cm³/mol. The Morgan fingerprint density at radius 2 is 2.22 bits per heavy atom. The van der Waals surface area contributed by atoms with Crippen molar-refractivity contribution >= 4 is 17.2 Å². The van der Waals surface area contributed by atoms with Crippen LogP contribution in [0.4, 0.5) is 0 Å². The molecule has 0 aliphatic carbocycles. The Morgan fingerprint density at radius 3 is 2.67 bits per heavy atom. The van der Waals surface area contributed by atoms with E-state index in [0.29, 0.717) is 4.99 Å². The van der Waals surface area contributed by atoms with Crippen LogP contribution in [0.2, 0.25) is 0 Å². The molecule has 50 valence electrons. The number of hydrogen-bond acceptors (Lipinski definition) is 2. The summed E-state index contributed by atoms with van der Waals surface area (Å²) >= 11 is 4.59. The summed E-state index contributed by atoms with van der Waals surface area (Å²) < 4.78 is 0. The molecule has 0 aromatic carbocycles. The number of hydroxylamine groups is 1. The summed E-state index contributed by atoms with van der Waals surface area (Å²) in [6.07, 6.45) is 7.03. The molecule has 0 aliphatic heterocycles. The lowest BCUT2D eigenvalue weighted by molar-refractivity contribution is 0.238. The first kappa shape index (κ1) is 8.33. The second-order valence-electron chi connectivity index (χ2n) is 1.36. The summed E-state index contributed by atoms with van der Waals surface area (Å²) in [6.45, 7) is 1.90. The van der Waals surface area contributed by atoms with E-state index in [1.165, 1.54) is 0 Å². The Bertz CT molecular complexity index is 140. The first-order valence-electron chi connectivity index (χ1n) is 2.54. The fourth-order valence-electron chi connectivity index (χ4n) is 0.291. The van der Waals surface area contributed by atoms with Crippen LogP contribution >= 0.6 is 12.2 Å². The van der Waals surface area contributed by atoms with E-state index in [0.717, 1.165) is 0 Å². The van der Waals surface area contributed by atoms with Gasteiger partial charge in [-0.05, 0) is 13.0 Å². The van der Waals surface area contributed by atoms with Crippen LogP contribution in [-0.4, -0.2) is 10.2 Å². The van der Waals surface area contributed by atoms with Crippen molar-refractivity contribution in [3.05, 3.63) is 24.3 Å². The van der Waals surface area contributed by atoms with Gasteiger partial charge in [0.25, 0.3) is 0 Å². The lowest BCUT2D eigenvalue weighted by Gasteiger charge is -1.88. The monoisotopic (exact) mass is 143 g/mol. The highest BCUT2D eigenvalue weighted by molar-refractivity contribution is 7.80. The van der Waals surface area contributed by atoms with Gasteiger partial charge in [-0.25, -0.2) is 0 Å². The van der Waals surface area contributed by atoms with Gasteiger partial charge in [-0.3, -0.25) is 10.7 Å². The fraction of sp³-hybridized carbons (Fsp3) is 0.167. The maximum absolute atomic E-state index is 8.17. The van der Waals surface area contributed by atoms with E-state index in [9.17, 15) is 0 Å². The zero-order chi connectivity index (χ0) is 7.11. The second kappa shape index (κ2) is 5.47. The van der Waals surface area contributed by atoms with E-state index >= 15 is 0 Å². The molecule has 0 radical (unpaired) electrons. The van der Waals surface area contributed by atoms with Gasteiger partial charge in [0.15, 0.2) is 0 Å². The highest BCUT2D eigenvalue weighted by Crippen LogP contribution is 1.77. The van der Waals surface area contributed by atoms with Crippen molar-refractivity contribution in [3.63, 3.8) is 0 Å². The summed E-state index contributed by atoms with van der Waals surface area (Å²) in [5, 5.41) is 8.17. The van der Waals surface area contributed by atoms with Gasteiger partial charge < -0.3 is 0 Å². The van der Waals surface area contributed by atoms with Gasteiger partial charge >= 0.3 is 0 Å². The van der Waals surface area contributed by atoms with Crippen LogP contribution in [-0.2, 0) is 0 Å². The van der Waals surface area contributed by atoms with Gasteiger partial charge in [-0.15, -0.1) is 0 Å². The van der Waals surface area contributed by atoms with Gasteiger partial charge in [0.1, 0.15) is 4.99 Å². The SMILES string of the molecule is CC=CC=CC(=S)NO. The Labute approximate surface area is 59.8 Å². The average molecular weight is 143 g/mol. The first-order chi connectivity index (χ1) is 4.31. The van der Waals surface area contributed by atoms with Crippen LogP contribution in [0.15, 0.2) is 24.3 Å². The first-order valence-corrected chi connectivity index (χ1v) is 2.95. The zero-order valence-electron chi connectivity index (χ0n) is 5.16. The molecular weight excluding hydrogens is 134 g/mol. The molecule has 3 heteroatoms. The molecule has 0 aromatic heterocycles. The molecule has 2 nitrogen and oxygen atoms in total. The second-order valence-corrected chi connectivity index (χ2v) is 1.80. The molecule has 0 spiro atoms. The molecule has 0 saturated carbocycles. The van der Waals surface area contributed by atoms with Crippen LogP contribution in [0.1, 0.15) is 6.92 Å². The van der Waals surface area contributed by atoms with Crippen molar-refractivity contribution in [3.8, 4) is 0 Å². The lowest BCUT2D eigenvalue weighted by Crippen LogP contribution is -2.12. The van der Waals surface area contributed by atoms with E-state index in [4.69, 9.17) is 5.21 Å². The molecule has 0 bridgehead atoms. The summed E-state index contributed by atoms with van der Waals surface area (Å²) in [5.41, 5.74) is 1.83. The van der Waals surface area contributed by atoms with Crippen LogP contribution in [0.3, 0.4) is 0 Å². The number of allylic oxidation sites excluding steroid dienone is 3. The number of thiocarbonyl (C=S) groups is 1. The summed E-state index contributed by atoms with van der Waals surface area (Å²) in [6, 6.07) is 0. The molecule has 9 heavy (non-hydrogen) atoms. The van der Waals surface area contributed by atoms with Crippen molar-refractivity contribution in [2.75, 3.05) is 0 Å². The maximum atomic E-state index is 8.17. The zero-order valence-corrected chi connectivity index (χ0v) is 5.98. The molecule has 0 rings (SSSR count). The summed E-state index contributed by atoms with van der Waals surface area (Å²) in [5.74, 6) is 0. The smallest absolute Gasteiger partial charge is 0.123 e. The van der Waals surface area contributed by atoms with Crippen molar-refractivity contribution in [2.45, 2.75) is 6.92 Å². The molecule has 0 unspecified atom stereocenters. The van der Waals surface area contributed by atoms with Crippen molar-refractivity contribution in [1.29, 1.82) is 0 Å². The highest BCUT2D eigenvalue weighted by Gasteiger charge is 1.78. The van der Waals surface area contributed by atoms with E-state index < -0.39 is 0 Å². The molecular formula is C6H9NOS. The molecule has 2 N–H and O–H groups in total. The Morgan fingerprint density at radius 1 is 1.56 bits per heavy atom. The molecule has 0 aromatic rings. The van der Waals surface area contributed by atoms with Crippen molar-refractivity contribution in [2.24, 2.45) is 0 Å². The Balaban J connectivity index is 3.57. The Hall–Kier alpha value is -0.670. The minimum absolute atomic E-state index is 0.313. The third-order valence-electron chi connectivity index (χ3n) is 0.661. The maximum Gasteiger partial charge on any atom is 0.123 e. The molecule has 0 atom stereocenters. The van der Waals surface area contributed by atoms with Gasteiger partial charge in [-0.1, -0.05) is 30.4 Å². The minimum atomic E-state index is 0.313. The minimum Gasteiger partial charge on any atom is -0.290 e. The van der Waals surface area contributed by atoms with Crippen LogP contribution in [0, 0.1) is 0 Å². The van der Waals surface area contributed by atoms with Gasteiger partial charge in [0, 0.05) is 0 Å². The third-order valence-corrected chi connectivity index (χ3v) is 0.889. The molecule has 0 amide bonds. The predicted octanol–water partition coefficient (Wildman–Crippen LogP) is 1.42. The van der Waals surface area contributed by atoms with Gasteiger partial charge in [0.05, 0.1) is 0 Å². The molecule has 0 saturated heterocycles. The van der Waals surface area contributed by atoms with Gasteiger partial charge in [0.2, 0.25) is 0 Å². The van der Waals surface area contributed by atoms with E-state index in [-0.39, 0.29) is 0 Å². The van der Waals surface area contributed by atoms with E-state index in [1.54, 1.807) is 12.2 Å².